The van der Waals surface area contributed by atoms with Gasteiger partial charge in [0.2, 0.25) is 0 Å². The van der Waals surface area contributed by atoms with Crippen LogP contribution in [0.2, 0.25) is 0 Å². The maximum atomic E-state index is 6.48. The molecule has 6 aromatic carbocycles. The van der Waals surface area contributed by atoms with E-state index in [1.807, 2.05) is 54.7 Å². The van der Waals surface area contributed by atoms with Crippen LogP contribution in [0.4, 0.5) is 0 Å². The Balaban J connectivity index is 0.00000361. The Morgan fingerprint density at radius 3 is 2.22 bits per heavy atom. The summed E-state index contributed by atoms with van der Waals surface area (Å²) in [6.45, 7) is 9.00. The van der Waals surface area contributed by atoms with Gasteiger partial charge in [0.15, 0.2) is 0 Å². The van der Waals surface area contributed by atoms with Crippen molar-refractivity contribution in [3.05, 3.63) is 139 Å². The molecule has 0 aliphatic rings. The average Bonchev–Trinajstić information content (AvgIpc) is 3.70. The SMILES string of the molecule is CC(C)c1cccc(C(C)C)c1-n1c(-c2[c-]c(Oc3[c-]c4c(cc3)ccc3c4ncc4c5ccccc5oc43)ccc2)nc2ccccc21.[Pt+2]. The van der Waals surface area contributed by atoms with Crippen molar-refractivity contribution in [3.8, 4) is 28.6 Å². The summed E-state index contributed by atoms with van der Waals surface area (Å²) < 4.78 is 15.1. The number of nitrogens with zero attached hydrogens (tertiary/aromatic N) is 3. The van der Waals surface area contributed by atoms with Crippen molar-refractivity contribution in [2.75, 3.05) is 0 Å². The van der Waals surface area contributed by atoms with Crippen molar-refractivity contribution in [2.45, 2.75) is 39.5 Å². The first kappa shape index (κ1) is 32.0. The molecule has 0 aliphatic carbocycles. The molecule has 0 saturated carbocycles. The fourth-order valence-electron chi connectivity index (χ4n) is 7.07. The van der Waals surface area contributed by atoms with Gasteiger partial charge in [-0.1, -0.05) is 100 Å². The van der Waals surface area contributed by atoms with Gasteiger partial charge in [-0.05, 0) is 46.7 Å². The zero-order valence-corrected chi connectivity index (χ0v) is 30.4. The molecule has 0 N–H and O–H groups in total. The maximum Gasteiger partial charge on any atom is 2.00 e. The van der Waals surface area contributed by atoms with Gasteiger partial charge >= 0.3 is 21.1 Å². The monoisotopic (exact) mass is 830 g/mol. The second kappa shape index (κ2) is 12.6. The number of benzene rings is 6. The number of imidazole rings is 1. The van der Waals surface area contributed by atoms with E-state index in [9.17, 15) is 0 Å². The van der Waals surface area contributed by atoms with Crippen LogP contribution in [0.1, 0.15) is 50.7 Å². The van der Waals surface area contributed by atoms with Crippen LogP contribution in [0.5, 0.6) is 11.5 Å². The summed E-state index contributed by atoms with van der Waals surface area (Å²) in [7, 11) is 0. The number of para-hydroxylation sites is 4. The number of hydrogen-bond acceptors (Lipinski definition) is 4. The molecule has 5 nitrogen and oxygen atoms in total. The van der Waals surface area contributed by atoms with Crippen LogP contribution in [0.25, 0.3) is 71.7 Å². The Hall–Kier alpha value is -5.25. The van der Waals surface area contributed by atoms with Crippen molar-refractivity contribution >= 4 is 54.6 Å². The van der Waals surface area contributed by atoms with E-state index in [4.69, 9.17) is 19.1 Å². The molecule has 9 aromatic rings. The van der Waals surface area contributed by atoms with Crippen LogP contribution in [0.15, 0.2) is 120 Å². The number of ether oxygens (including phenoxy) is 1. The first-order valence-electron chi connectivity index (χ1n) is 16.8. The Morgan fingerprint density at radius 2 is 1.40 bits per heavy atom. The third-order valence-electron chi connectivity index (χ3n) is 9.43. The summed E-state index contributed by atoms with van der Waals surface area (Å²) in [5.74, 6) is 2.66. The van der Waals surface area contributed by atoms with Gasteiger partial charge in [-0.25, -0.2) is 0 Å². The third kappa shape index (κ3) is 5.20. The molecule has 0 fully saturated rings. The minimum absolute atomic E-state index is 0. The fraction of sp³-hybridized carbons (Fsp3) is 0.136. The molecule has 0 amide bonds. The second-order valence-electron chi connectivity index (χ2n) is 13.2. The van der Waals surface area contributed by atoms with Gasteiger partial charge in [0.1, 0.15) is 11.2 Å². The second-order valence-corrected chi connectivity index (χ2v) is 13.2. The van der Waals surface area contributed by atoms with E-state index >= 15 is 0 Å². The summed E-state index contributed by atoms with van der Waals surface area (Å²) >= 11 is 0. The van der Waals surface area contributed by atoms with Crippen LogP contribution in [-0.4, -0.2) is 14.5 Å². The Bertz CT molecular complexity index is 2700. The first-order chi connectivity index (χ1) is 23.9. The molecule has 3 heterocycles. The maximum absolute atomic E-state index is 6.48. The van der Waals surface area contributed by atoms with Crippen molar-refractivity contribution in [1.82, 2.24) is 14.5 Å². The van der Waals surface area contributed by atoms with Crippen molar-refractivity contribution in [3.63, 3.8) is 0 Å². The van der Waals surface area contributed by atoms with Crippen LogP contribution < -0.4 is 4.74 Å². The average molecular weight is 831 g/mol. The molecule has 0 unspecified atom stereocenters. The van der Waals surface area contributed by atoms with E-state index in [2.05, 4.69) is 105 Å². The van der Waals surface area contributed by atoms with Gasteiger partial charge in [0.05, 0.1) is 16.9 Å². The van der Waals surface area contributed by atoms with E-state index in [1.54, 1.807) is 0 Å². The zero-order valence-electron chi connectivity index (χ0n) is 28.1. The predicted octanol–water partition coefficient (Wildman–Crippen LogP) is 11.9. The Kier molecular flexibility index (Phi) is 8.04. The third-order valence-corrected chi connectivity index (χ3v) is 9.43. The molecule has 246 valence electrons. The topological polar surface area (TPSA) is 53.1 Å². The number of pyridine rings is 1. The van der Waals surface area contributed by atoms with E-state index in [-0.39, 0.29) is 21.1 Å². The first-order valence-corrected chi connectivity index (χ1v) is 16.8. The molecule has 3 aromatic heterocycles. The number of hydrogen-bond donors (Lipinski definition) is 0. The van der Waals surface area contributed by atoms with Gasteiger partial charge in [-0.15, -0.1) is 46.7 Å². The minimum atomic E-state index is 0. The van der Waals surface area contributed by atoms with E-state index in [1.165, 1.54) is 16.8 Å². The fourth-order valence-corrected chi connectivity index (χ4v) is 7.07. The van der Waals surface area contributed by atoms with Crippen molar-refractivity contribution < 1.29 is 30.2 Å². The van der Waals surface area contributed by atoms with Crippen molar-refractivity contribution in [2.24, 2.45) is 0 Å². The van der Waals surface area contributed by atoms with Gasteiger partial charge in [-0.2, -0.15) is 0 Å². The number of fused-ring (bicyclic) bond motifs is 8. The normalized spacial score (nSPS) is 11.8. The molecule has 0 bridgehead atoms. The Labute approximate surface area is 304 Å². The largest absolute Gasteiger partial charge is 2.00 e. The minimum Gasteiger partial charge on any atom is -0.497 e. The van der Waals surface area contributed by atoms with Crippen LogP contribution in [-0.2, 0) is 21.1 Å². The molecule has 9 rings (SSSR count). The standard InChI is InChI=1S/C44H33N3O2.Pt/c1-26(2)32-14-10-15-33(27(3)4)42(32)47-39-17-7-6-16-38(39)46-44(47)29-11-9-12-30(23-29)48-31-21-19-28-20-22-35-41(36(28)24-31)45-25-37-34-13-5-8-18-40(34)49-43(35)37;/h5-22,25-27H,1-4H3;/q-2;+2. The number of aromatic nitrogens is 3. The molecule has 0 radical (unpaired) electrons. The van der Waals surface area contributed by atoms with Gasteiger partial charge in [0, 0.05) is 39.5 Å². The summed E-state index contributed by atoms with van der Waals surface area (Å²) in [5.41, 5.74) is 9.12. The number of rotatable bonds is 6. The van der Waals surface area contributed by atoms with Crippen LogP contribution >= 0.6 is 0 Å². The van der Waals surface area contributed by atoms with Crippen molar-refractivity contribution in [1.29, 1.82) is 0 Å². The summed E-state index contributed by atoms with van der Waals surface area (Å²) in [6, 6.07) is 44.2. The van der Waals surface area contributed by atoms with Crippen LogP contribution in [0, 0.1) is 12.1 Å². The Morgan fingerprint density at radius 1 is 0.680 bits per heavy atom. The predicted molar refractivity (Wildman–Crippen MR) is 199 cm³/mol. The number of furan rings is 1. The van der Waals surface area contributed by atoms with E-state index in [0.717, 1.165) is 66.0 Å². The molecule has 0 atom stereocenters. The zero-order chi connectivity index (χ0) is 33.2. The van der Waals surface area contributed by atoms with E-state index < -0.39 is 0 Å². The molecule has 50 heavy (non-hydrogen) atoms. The van der Waals surface area contributed by atoms with Gasteiger partial charge in [-0.3, -0.25) is 4.98 Å². The van der Waals surface area contributed by atoms with Gasteiger partial charge in [0.25, 0.3) is 0 Å². The molecule has 0 spiro atoms. The summed E-state index contributed by atoms with van der Waals surface area (Å²) in [4.78, 5) is 10.1. The summed E-state index contributed by atoms with van der Waals surface area (Å²) in [5, 5.41) is 4.92. The molecular weight excluding hydrogens is 798 g/mol. The smallest absolute Gasteiger partial charge is 0.497 e. The van der Waals surface area contributed by atoms with Gasteiger partial charge < -0.3 is 18.7 Å². The summed E-state index contributed by atoms with van der Waals surface area (Å²) in [6.07, 6.45) is 1.90. The molecular formula is C44H33N3O2Pt. The molecule has 0 aliphatic heterocycles. The van der Waals surface area contributed by atoms with E-state index in [0.29, 0.717) is 23.3 Å². The van der Waals surface area contributed by atoms with Crippen LogP contribution in [0.3, 0.4) is 0 Å². The molecule has 6 heteroatoms. The molecule has 0 saturated heterocycles. The quantitative estimate of drug-likeness (QED) is 0.124.